The first-order chi connectivity index (χ1) is 16.4. The molecule has 1 N–H and O–H groups in total. The van der Waals surface area contributed by atoms with Crippen LogP contribution in [0.25, 0.3) is 6.08 Å². The van der Waals surface area contributed by atoms with Crippen LogP contribution in [0.3, 0.4) is 0 Å². The molecule has 0 atom stereocenters. The molecule has 0 saturated carbocycles. The number of carbonyl (C=O) groups is 3. The minimum Gasteiger partial charge on any atom is -0.350 e. The van der Waals surface area contributed by atoms with Gasteiger partial charge in [-0.05, 0) is 67.6 Å². The second kappa shape index (κ2) is 11.1. The molecule has 1 aliphatic rings. The van der Waals surface area contributed by atoms with Crippen LogP contribution in [0, 0.1) is 0 Å². The molecule has 2 aromatic carbocycles. The van der Waals surface area contributed by atoms with Crippen LogP contribution in [0.15, 0.2) is 52.3 Å². The highest BCUT2D eigenvalue weighted by molar-refractivity contribution is 8.18. The highest BCUT2D eigenvalue weighted by atomic mass is 35.5. The molecule has 1 fully saturated rings. The van der Waals surface area contributed by atoms with Gasteiger partial charge in [-0.15, -0.1) is 0 Å². The van der Waals surface area contributed by atoms with Crippen LogP contribution in [-0.2, 0) is 14.8 Å². The lowest BCUT2D eigenvalue weighted by Gasteiger charge is -2.21. The first kappa shape index (κ1) is 27.2. The molecule has 0 aliphatic carbocycles. The van der Waals surface area contributed by atoms with Crippen LogP contribution in [0.1, 0.15) is 29.8 Å². The van der Waals surface area contributed by atoms with Crippen molar-refractivity contribution >= 4 is 68.1 Å². The Labute approximate surface area is 218 Å². The van der Waals surface area contributed by atoms with Gasteiger partial charge in [0.15, 0.2) is 0 Å². The minimum absolute atomic E-state index is 0.000198. The first-order valence-electron chi connectivity index (χ1n) is 10.5. The quantitative estimate of drug-likeness (QED) is 0.481. The molecular formula is C23H23Cl2N3O5S2. The zero-order valence-electron chi connectivity index (χ0n) is 19.1. The largest absolute Gasteiger partial charge is 0.350 e. The standard InChI is InChI=1S/C23H23Cl2N3O5S2/c1-14(2)27(3)35(32,33)17-6-4-5-16(13-17)21(29)26-9-10-28-22(30)20(34-23(28)31)12-15-7-8-18(24)19(25)11-15/h4-8,11-14H,9-10H2,1-3H3,(H,26,29)/b20-12+. The molecule has 0 aromatic heterocycles. The molecule has 3 rings (SSSR count). The van der Waals surface area contributed by atoms with Crippen LogP contribution in [0.2, 0.25) is 10.0 Å². The SMILES string of the molecule is CC(C)N(C)S(=O)(=O)c1cccc(C(=O)NCCN2C(=O)S/C(=C/c3ccc(Cl)c(Cl)c3)C2=O)c1. The molecule has 1 aliphatic heterocycles. The van der Waals surface area contributed by atoms with Crippen molar-refractivity contribution in [1.82, 2.24) is 14.5 Å². The summed E-state index contributed by atoms with van der Waals surface area (Å²) < 4.78 is 26.6. The van der Waals surface area contributed by atoms with Gasteiger partial charge in [0.1, 0.15) is 0 Å². The highest BCUT2D eigenvalue weighted by Gasteiger charge is 2.34. The zero-order chi connectivity index (χ0) is 25.9. The smallest absolute Gasteiger partial charge is 0.293 e. The van der Waals surface area contributed by atoms with Crippen molar-refractivity contribution in [3.8, 4) is 0 Å². The molecule has 3 amide bonds. The fourth-order valence-electron chi connectivity index (χ4n) is 3.07. The number of thioether (sulfide) groups is 1. The predicted octanol–water partition coefficient (Wildman–Crippen LogP) is 4.49. The molecule has 0 spiro atoms. The van der Waals surface area contributed by atoms with Crippen molar-refractivity contribution in [1.29, 1.82) is 0 Å². The van der Waals surface area contributed by atoms with Crippen molar-refractivity contribution in [3.05, 3.63) is 68.5 Å². The summed E-state index contributed by atoms with van der Waals surface area (Å²) in [7, 11) is -2.28. The number of carbonyl (C=O) groups excluding carboxylic acids is 3. The second-order valence-corrected chi connectivity index (χ2v) is 11.7. The van der Waals surface area contributed by atoms with Gasteiger partial charge < -0.3 is 5.32 Å². The van der Waals surface area contributed by atoms with E-state index in [1.807, 2.05) is 0 Å². The average Bonchev–Trinajstić information content (AvgIpc) is 3.08. The van der Waals surface area contributed by atoms with Crippen LogP contribution in [-0.4, -0.2) is 60.9 Å². The number of halogens is 2. The fourth-order valence-corrected chi connectivity index (χ4v) is 5.66. The third-order valence-electron chi connectivity index (χ3n) is 5.24. The number of nitrogens with one attached hydrogen (secondary N) is 1. The topological polar surface area (TPSA) is 104 Å². The van der Waals surface area contributed by atoms with Gasteiger partial charge in [0, 0.05) is 31.7 Å². The van der Waals surface area contributed by atoms with Crippen LogP contribution >= 0.6 is 35.0 Å². The number of benzene rings is 2. The maximum Gasteiger partial charge on any atom is 0.293 e. The Kier molecular flexibility index (Phi) is 8.66. The molecule has 0 unspecified atom stereocenters. The van der Waals surface area contributed by atoms with Gasteiger partial charge in [-0.1, -0.05) is 35.3 Å². The fraction of sp³-hybridized carbons (Fsp3) is 0.261. The number of hydrogen-bond donors (Lipinski definition) is 1. The van der Waals surface area contributed by atoms with Gasteiger partial charge in [0.25, 0.3) is 17.1 Å². The van der Waals surface area contributed by atoms with E-state index in [-0.39, 0.29) is 34.5 Å². The molecule has 35 heavy (non-hydrogen) atoms. The maximum atomic E-state index is 12.7. The normalized spacial score (nSPS) is 15.5. The van der Waals surface area contributed by atoms with Gasteiger partial charge >= 0.3 is 0 Å². The van der Waals surface area contributed by atoms with Gasteiger partial charge in [0.05, 0.1) is 19.8 Å². The van der Waals surface area contributed by atoms with Crippen molar-refractivity contribution in [2.24, 2.45) is 0 Å². The molecular weight excluding hydrogens is 533 g/mol. The van der Waals surface area contributed by atoms with Crippen LogP contribution in [0.4, 0.5) is 4.79 Å². The summed E-state index contributed by atoms with van der Waals surface area (Å²) in [6.45, 7) is 3.46. The molecule has 186 valence electrons. The van der Waals surface area contributed by atoms with E-state index in [2.05, 4.69) is 5.32 Å². The summed E-state index contributed by atoms with van der Waals surface area (Å²) in [5, 5.41) is 2.87. The Balaban J connectivity index is 1.64. The summed E-state index contributed by atoms with van der Waals surface area (Å²) in [6, 6.07) is 10.3. The first-order valence-corrected chi connectivity index (χ1v) is 13.5. The Morgan fingerprint density at radius 1 is 1.14 bits per heavy atom. The summed E-state index contributed by atoms with van der Waals surface area (Å²) in [5.41, 5.74) is 0.771. The van der Waals surface area contributed by atoms with E-state index in [0.717, 1.165) is 16.7 Å². The minimum atomic E-state index is -3.75. The van der Waals surface area contributed by atoms with Crippen LogP contribution in [0.5, 0.6) is 0 Å². The summed E-state index contributed by atoms with van der Waals surface area (Å²) in [6.07, 6.45) is 1.55. The summed E-state index contributed by atoms with van der Waals surface area (Å²) in [4.78, 5) is 38.8. The molecule has 0 bridgehead atoms. The maximum absolute atomic E-state index is 12.7. The lowest BCUT2D eigenvalue weighted by Crippen LogP contribution is -2.37. The van der Waals surface area contributed by atoms with Crippen molar-refractivity contribution < 1.29 is 22.8 Å². The van der Waals surface area contributed by atoms with E-state index in [1.54, 1.807) is 38.1 Å². The lowest BCUT2D eigenvalue weighted by atomic mass is 10.2. The third kappa shape index (κ3) is 6.25. The van der Waals surface area contributed by atoms with Gasteiger partial charge in [-0.3, -0.25) is 19.3 Å². The highest BCUT2D eigenvalue weighted by Crippen LogP contribution is 2.33. The van der Waals surface area contributed by atoms with Crippen LogP contribution < -0.4 is 5.32 Å². The van der Waals surface area contributed by atoms with E-state index in [4.69, 9.17) is 23.2 Å². The molecule has 1 saturated heterocycles. The van der Waals surface area contributed by atoms with Gasteiger partial charge in [-0.25, -0.2) is 8.42 Å². The van der Waals surface area contributed by atoms with Crippen molar-refractivity contribution in [3.63, 3.8) is 0 Å². The monoisotopic (exact) mass is 555 g/mol. The number of hydrogen-bond acceptors (Lipinski definition) is 6. The van der Waals surface area contributed by atoms with Crippen molar-refractivity contribution in [2.45, 2.75) is 24.8 Å². The average molecular weight is 556 g/mol. The number of nitrogens with zero attached hydrogens (tertiary/aromatic N) is 2. The van der Waals surface area contributed by atoms with Gasteiger partial charge in [-0.2, -0.15) is 4.31 Å². The Bertz CT molecular complexity index is 1310. The van der Waals surface area contributed by atoms with Crippen molar-refractivity contribution in [2.75, 3.05) is 20.1 Å². The van der Waals surface area contributed by atoms with E-state index < -0.39 is 27.1 Å². The Hall–Kier alpha value is -2.37. The number of rotatable bonds is 8. The zero-order valence-corrected chi connectivity index (χ0v) is 22.3. The number of amides is 3. The summed E-state index contributed by atoms with van der Waals surface area (Å²) in [5.74, 6) is -1.00. The Morgan fingerprint density at radius 2 is 1.86 bits per heavy atom. The van der Waals surface area contributed by atoms with Gasteiger partial charge in [0.2, 0.25) is 10.0 Å². The Morgan fingerprint density at radius 3 is 2.51 bits per heavy atom. The summed E-state index contributed by atoms with van der Waals surface area (Å²) >= 11 is 12.7. The number of sulfonamides is 1. The third-order valence-corrected chi connectivity index (χ3v) is 8.91. The lowest BCUT2D eigenvalue weighted by molar-refractivity contribution is -0.122. The van der Waals surface area contributed by atoms with E-state index >= 15 is 0 Å². The number of imide groups is 1. The molecule has 8 nitrogen and oxygen atoms in total. The molecule has 2 aromatic rings. The van der Waals surface area contributed by atoms with E-state index in [1.165, 1.54) is 35.6 Å². The molecule has 12 heteroatoms. The predicted molar refractivity (Wildman–Crippen MR) is 138 cm³/mol. The van der Waals surface area contributed by atoms with E-state index in [9.17, 15) is 22.8 Å². The van der Waals surface area contributed by atoms with E-state index in [0.29, 0.717) is 15.6 Å². The molecule has 0 radical (unpaired) electrons. The second-order valence-electron chi connectivity index (χ2n) is 7.91. The molecule has 1 heterocycles.